The van der Waals surface area contributed by atoms with Crippen LogP contribution in [0.4, 0.5) is 0 Å². The highest BCUT2D eigenvalue weighted by Gasteiger charge is 2.36. The van der Waals surface area contributed by atoms with Crippen LogP contribution in [0.5, 0.6) is 0 Å². The summed E-state index contributed by atoms with van der Waals surface area (Å²) >= 11 is 0. The van der Waals surface area contributed by atoms with E-state index >= 15 is 0 Å². The van der Waals surface area contributed by atoms with Gasteiger partial charge in [0.05, 0.1) is 18.8 Å². The number of nitrogens with one attached hydrogen (secondary N) is 1. The Morgan fingerprint density at radius 1 is 0.818 bits per heavy atom. The summed E-state index contributed by atoms with van der Waals surface area (Å²) in [5.74, 6) is 0. The van der Waals surface area contributed by atoms with Crippen LogP contribution in [0, 0.1) is 0 Å². The van der Waals surface area contributed by atoms with Crippen LogP contribution in [0.1, 0.15) is 51.6 Å². The molecule has 0 bridgehead atoms. The maximum Gasteiger partial charge on any atom is 0.191 e. The molecule has 0 spiro atoms. The first-order chi connectivity index (χ1) is 15.0. The van der Waals surface area contributed by atoms with Crippen molar-refractivity contribution in [2.45, 2.75) is 110 Å². The third kappa shape index (κ3) is 13.4. The van der Waals surface area contributed by atoms with E-state index in [0.717, 1.165) is 32.4 Å². The quantitative estimate of drug-likeness (QED) is 0.194. The van der Waals surface area contributed by atoms with Gasteiger partial charge in [0.2, 0.25) is 0 Å². The molecule has 2 atom stereocenters. The molecular formula is C26H53NO3Si3. The Balaban J connectivity index is 2.68. The minimum absolute atomic E-state index is 0.188. The summed E-state index contributed by atoms with van der Waals surface area (Å²) in [7, 11) is -4.87. The van der Waals surface area contributed by atoms with E-state index < -0.39 is 25.0 Å². The number of benzene rings is 1. The van der Waals surface area contributed by atoms with Gasteiger partial charge in [-0.2, -0.15) is 0 Å². The van der Waals surface area contributed by atoms with Crippen LogP contribution in [0.2, 0.25) is 57.4 Å². The summed E-state index contributed by atoms with van der Waals surface area (Å²) < 4.78 is 19.2. The SMILES string of the molecule is CC(C)(C)[Si](C)(C)OCCCC[C@@H](CN[C@@H](CO[Si](C)(C)C)c1ccccc1)O[Si](C)(C)C. The predicted octanol–water partition coefficient (Wildman–Crippen LogP) is 7.58. The van der Waals surface area contributed by atoms with Crippen molar-refractivity contribution in [3.8, 4) is 0 Å². The van der Waals surface area contributed by atoms with Gasteiger partial charge >= 0.3 is 0 Å². The van der Waals surface area contributed by atoms with E-state index in [9.17, 15) is 0 Å². The second-order valence-electron chi connectivity index (χ2n) is 12.8. The molecule has 1 rings (SSSR count). The van der Waals surface area contributed by atoms with Gasteiger partial charge in [0.25, 0.3) is 0 Å². The summed E-state index contributed by atoms with van der Waals surface area (Å²) in [6.45, 7) is 27.6. The van der Waals surface area contributed by atoms with Crippen molar-refractivity contribution in [1.82, 2.24) is 5.32 Å². The van der Waals surface area contributed by atoms with Gasteiger partial charge in [-0.1, -0.05) is 51.1 Å². The van der Waals surface area contributed by atoms with E-state index in [2.05, 4.69) is 109 Å². The van der Waals surface area contributed by atoms with E-state index in [1.807, 2.05) is 0 Å². The van der Waals surface area contributed by atoms with Crippen LogP contribution >= 0.6 is 0 Å². The van der Waals surface area contributed by atoms with Crippen molar-refractivity contribution >= 4 is 25.0 Å². The molecule has 192 valence electrons. The first-order valence-electron chi connectivity index (χ1n) is 12.7. The van der Waals surface area contributed by atoms with Crippen molar-refractivity contribution in [3.05, 3.63) is 35.9 Å². The Kier molecular flexibility index (Phi) is 12.2. The van der Waals surface area contributed by atoms with Crippen LogP contribution in [0.3, 0.4) is 0 Å². The fraction of sp³-hybridized carbons (Fsp3) is 0.769. The highest BCUT2D eigenvalue weighted by molar-refractivity contribution is 6.74. The molecule has 0 unspecified atom stereocenters. The van der Waals surface area contributed by atoms with E-state index in [1.165, 1.54) is 5.56 Å². The van der Waals surface area contributed by atoms with Crippen molar-refractivity contribution < 1.29 is 13.3 Å². The molecule has 0 saturated heterocycles. The molecule has 0 fully saturated rings. The molecule has 1 aromatic rings. The summed E-state index contributed by atoms with van der Waals surface area (Å²) in [4.78, 5) is 0. The van der Waals surface area contributed by atoms with Crippen LogP contribution in [0.25, 0.3) is 0 Å². The van der Waals surface area contributed by atoms with Gasteiger partial charge in [0.1, 0.15) is 0 Å². The number of rotatable bonds is 15. The first kappa shape index (κ1) is 30.7. The molecular weight excluding hydrogens is 459 g/mol. The minimum Gasteiger partial charge on any atom is -0.417 e. The van der Waals surface area contributed by atoms with Crippen LogP contribution in [0.15, 0.2) is 30.3 Å². The van der Waals surface area contributed by atoms with Gasteiger partial charge in [0, 0.05) is 13.2 Å². The van der Waals surface area contributed by atoms with Crippen LogP contribution < -0.4 is 5.32 Å². The Morgan fingerprint density at radius 2 is 1.42 bits per heavy atom. The molecule has 33 heavy (non-hydrogen) atoms. The monoisotopic (exact) mass is 511 g/mol. The molecule has 0 saturated carbocycles. The van der Waals surface area contributed by atoms with Gasteiger partial charge in [0.15, 0.2) is 25.0 Å². The van der Waals surface area contributed by atoms with Crippen molar-refractivity contribution in [3.63, 3.8) is 0 Å². The highest BCUT2D eigenvalue weighted by atomic mass is 28.4. The van der Waals surface area contributed by atoms with E-state index in [4.69, 9.17) is 13.3 Å². The predicted molar refractivity (Wildman–Crippen MR) is 152 cm³/mol. The lowest BCUT2D eigenvalue weighted by molar-refractivity contribution is 0.160. The highest BCUT2D eigenvalue weighted by Crippen LogP contribution is 2.36. The second-order valence-corrected chi connectivity index (χ2v) is 26.5. The largest absolute Gasteiger partial charge is 0.417 e. The number of hydrogen-bond acceptors (Lipinski definition) is 4. The van der Waals surface area contributed by atoms with Crippen LogP contribution in [-0.2, 0) is 13.3 Å². The Labute approximate surface area is 208 Å². The first-order valence-corrected chi connectivity index (χ1v) is 22.5. The normalized spacial score (nSPS) is 15.5. The molecule has 0 aliphatic heterocycles. The zero-order valence-electron chi connectivity index (χ0n) is 23.5. The molecule has 0 aliphatic rings. The maximum absolute atomic E-state index is 6.58. The lowest BCUT2D eigenvalue weighted by Gasteiger charge is -2.36. The third-order valence-electron chi connectivity index (χ3n) is 6.19. The number of unbranched alkanes of at least 4 members (excludes halogenated alkanes) is 1. The zero-order chi connectivity index (χ0) is 25.3. The summed E-state index contributed by atoms with van der Waals surface area (Å²) in [5.41, 5.74) is 1.28. The average Bonchev–Trinajstić information content (AvgIpc) is 2.65. The van der Waals surface area contributed by atoms with Crippen molar-refractivity contribution in [2.24, 2.45) is 0 Å². The Hall–Kier alpha value is -0.289. The minimum atomic E-state index is -1.66. The topological polar surface area (TPSA) is 39.7 Å². The molecule has 0 aliphatic carbocycles. The molecule has 0 radical (unpaired) electrons. The molecule has 1 N–H and O–H groups in total. The standard InChI is InChI=1S/C26H53NO3Si3/c1-26(2,3)33(10,11)28-20-16-15-19-24(30-32(7,8)9)21-27-25(22-29-31(4,5)6)23-17-13-12-14-18-23/h12-14,17-18,24-25,27H,15-16,19-22H2,1-11H3/t24-,25-/m0/s1. The van der Waals surface area contributed by atoms with Gasteiger partial charge in [-0.05, 0) is 82.2 Å². The van der Waals surface area contributed by atoms with Gasteiger partial charge in [-0.15, -0.1) is 0 Å². The van der Waals surface area contributed by atoms with Crippen LogP contribution in [-0.4, -0.2) is 50.8 Å². The van der Waals surface area contributed by atoms with Gasteiger partial charge < -0.3 is 18.6 Å². The van der Waals surface area contributed by atoms with Gasteiger partial charge in [-0.3, -0.25) is 0 Å². The Bertz CT molecular complexity index is 664. The Morgan fingerprint density at radius 3 is 1.94 bits per heavy atom. The van der Waals surface area contributed by atoms with E-state index in [1.54, 1.807) is 0 Å². The maximum atomic E-state index is 6.58. The fourth-order valence-electron chi connectivity index (χ4n) is 3.29. The smallest absolute Gasteiger partial charge is 0.191 e. The molecule has 0 aromatic heterocycles. The summed E-state index contributed by atoms with van der Waals surface area (Å²) in [6.07, 6.45) is 3.52. The van der Waals surface area contributed by atoms with E-state index in [0.29, 0.717) is 6.61 Å². The molecule has 4 nitrogen and oxygen atoms in total. The van der Waals surface area contributed by atoms with E-state index in [-0.39, 0.29) is 17.2 Å². The fourth-order valence-corrected chi connectivity index (χ4v) is 6.24. The zero-order valence-corrected chi connectivity index (χ0v) is 26.5. The summed E-state index contributed by atoms with van der Waals surface area (Å²) in [6, 6.07) is 10.9. The molecule has 1 aromatic carbocycles. The van der Waals surface area contributed by atoms with Crippen molar-refractivity contribution in [2.75, 3.05) is 19.8 Å². The molecule has 0 amide bonds. The second kappa shape index (κ2) is 13.1. The number of hydrogen-bond donors (Lipinski definition) is 1. The lowest BCUT2D eigenvalue weighted by Crippen LogP contribution is -2.41. The molecule has 0 heterocycles. The average molecular weight is 512 g/mol. The summed E-state index contributed by atoms with van der Waals surface area (Å²) in [5, 5.41) is 4.06. The third-order valence-corrected chi connectivity index (χ3v) is 12.8. The molecule has 7 heteroatoms. The van der Waals surface area contributed by atoms with Crippen molar-refractivity contribution in [1.29, 1.82) is 0 Å². The van der Waals surface area contributed by atoms with Gasteiger partial charge in [-0.25, -0.2) is 0 Å². The lowest BCUT2D eigenvalue weighted by atomic mass is 10.1.